The fourth-order valence-corrected chi connectivity index (χ4v) is 5.98. The van der Waals surface area contributed by atoms with Gasteiger partial charge in [0.1, 0.15) is 5.82 Å². The Labute approximate surface area is 230 Å². The highest BCUT2D eigenvalue weighted by Crippen LogP contribution is 2.49. The van der Waals surface area contributed by atoms with E-state index in [0.29, 0.717) is 62.3 Å². The molecule has 1 atom stereocenters. The lowest BCUT2D eigenvalue weighted by atomic mass is 9.75. The molecule has 2 saturated carbocycles. The largest absolute Gasteiger partial charge is 0.377 e. The van der Waals surface area contributed by atoms with Crippen LogP contribution in [0, 0.1) is 0 Å². The molecule has 1 N–H and O–H groups in total. The van der Waals surface area contributed by atoms with Gasteiger partial charge in [0.05, 0.1) is 49.1 Å². The second kappa shape index (κ2) is 9.59. The topological polar surface area (TPSA) is 92.7 Å². The number of pyridine rings is 1. The molecule has 7 rings (SSSR count). The molecule has 11 heteroatoms. The van der Waals surface area contributed by atoms with Gasteiger partial charge in [0.15, 0.2) is 5.65 Å². The van der Waals surface area contributed by atoms with Crippen LogP contribution in [-0.2, 0) is 9.47 Å². The summed E-state index contributed by atoms with van der Waals surface area (Å²) in [5, 5.41) is 3.84. The quantitative estimate of drug-likeness (QED) is 0.513. The molecule has 2 saturated heterocycles. The number of halogens is 2. The molecule has 0 bridgehead atoms. The van der Waals surface area contributed by atoms with Crippen molar-refractivity contribution in [2.24, 2.45) is 0 Å². The van der Waals surface area contributed by atoms with E-state index in [1.165, 1.54) is 0 Å². The minimum absolute atomic E-state index is 0.0823. The molecule has 2 aliphatic heterocycles. The van der Waals surface area contributed by atoms with Gasteiger partial charge in [-0.15, -0.1) is 0 Å². The van der Waals surface area contributed by atoms with Crippen molar-refractivity contribution in [2.45, 2.75) is 56.2 Å². The minimum Gasteiger partial charge on any atom is -0.377 e. The second-order valence-corrected chi connectivity index (χ2v) is 11.5. The van der Waals surface area contributed by atoms with Crippen LogP contribution in [-0.4, -0.2) is 83.9 Å². The summed E-state index contributed by atoms with van der Waals surface area (Å²) in [4.78, 5) is 31.6. The van der Waals surface area contributed by atoms with Crippen LogP contribution < -0.4 is 15.1 Å². The summed E-state index contributed by atoms with van der Waals surface area (Å²) >= 11 is 0. The van der Waals surface area contributed by atoms with Crippen LogP contribution in [0.4, 0.5) is 20.5 Å². The van der Waals surface area contributed by atoms with E-state index in [1.54, 1.807) is 6.07 Å². The number of morpholine rings is 2. The first kappa shape index (κ1) is 25.5. The Balaban J connectivity index is 1.27. The monoisotopic (exact) mass is 550 g/mol. The zero-order chi connectivity index (χ0) is 27.5. The van der Waals surface area contributed by atoms with Gasteiger partial charge in [0.25, 0.3) is 11.8 Å². The predicted octanol–water partition coefficient (Wildman–Crippen LogP) is 3.81. The molecule has 9 nitrogen and oxygen atoms in total. The van der Waals surface area contributed by atoms with Crippen molar-refractivity contribution in [2.75, 3.05) is 49.3 Å². The van der Waals surface area contributed by atoms with E-state index < -0.39 is 11.5 Å². The zero-order valence-electron chi connectivity index (χ0n) is 22.4. The van der Waals surface area contributed by atoms with Gasteiger partial charge in [-0.3, -0.25) is 4.79 Å². The van der Waals surface area contributed by atoms with Crippen molar-refractivity contribution in [3.05, 3.63) is 42.0 Å². The first-order valence-electron chi connectivity index (χ1n) is 14.0. The number of alkyl halides is 2. The number of nitrogens with one attached hydrogen (secondary N) is 1. The molecule has 4 aliphatic rings. The van der Waals surface area contributed by atoms with Crippen LogP contribution in [0.2, 0.25) is 0 Å². The van der Waals surface area contributed by atoms with Gasteiger partial charge in [-0.05, 0) is 44.0 Å². The predicted molar refractivity (Wildman–Crippen MR) is 146 cm³/mol. The molecule has 4 heterocycles. The maximum atomic E-state index is 13.8. The summed E-state index contributed by atoms with van der Waals surface area (Å²) in [5.74, 6) is -1.56. The zero-order valence-corrected chi connectivity index (χ0v) is 22.4. The average Bonchev–Trinajstić information content (AvgIpc) is 3.75. The molecule has 2 aromatic heterocycles. The van der Waals surface area contributed by atoms with Crippen LogP contribution in [0.15, 0.2) is 36.4 Å². The molecule has 0 radical (unpaired) electrons. The molecule has 1 amide bonds. The number of nitrogens with zero attached hydrogens (tertiary/aromatic N) is 5. The van der Waals surface area contributed by atoms with Gasteiger partial charge >= 0.3 is 0 Å². The maximum absolute atomic E-state index is 13.8. The fraction of sp³-hybridized carbons (Fsp3) is 0.517. The summed E-state index contributed by atoms with van der Waals surface area (Å²) in [6.45, 7) is 5.08. The van der Waals surface area contributed by atoms with Gasteiger partial charge in [-0.1, -0.05) is 12.1 Å². The van der Waals surface area contributed by atoms with Crippen molar-refractivity contribution in [1.29, 1.82) is 0 Å². The van der Waals surface area contributed by atoms with Crippen LogP contribution in [0.1, 0.15) is 43.0 Å². The van der Waals surface area contributed by atoms with E-state index in [4.69, 9.17) is 24.4 Å². The first-order valence-corrected chi connectivity index (χ1v) is 14.0. The number of hydrogen-bond donors (Lipinski definition) is 1. The average molecular weight is 551 g/mol. The Morgan fingerprint density at radius 1 is 1.07 bits per heavy atom. The molecule has 2 aliphatic carbocycles. The maximum Gasteiger partial charge on any atom is 0.253 e. The summed E-state index contributed by atoms with van der Waals surface area (Å²) in [6, 6.07) is 11.7. The van der Waals surface area contributed by atoms with Crippen molar-refractivity contribution in [3.8, 4) is 11.3 Å². The van der Waals surface area contributed by atoms with E-state index in [9.17, 15) is 13.6 Å². The van der Waals surface area contributed by atoms with E-state index in [-0.39, 0.29) is 30.8 Å². The van der Waals surface area contributed by atoms with Crippen molar-refractivity contribution in [1.82, 2.24) is 20.3 Å². The smallest absolute Gasteiger partial charge is 0.253 e. The van der Waals surface area contributed by atoms with Gasteiger partial charge in [0.2, 0.25) is 5.95 Å². The molecular weight excluding hydrogens is 518 g/mol. The Morgan fingerprint density at radius 2 is 1.93 bits per heavy atom. The SMILES string of the molecule is C[C@H]1COCCN1c1nc(N2CCOC3(C2)CC(F)(F)C3)nc2nc(-c3cccc(C(=O)NC4CC4)c3)ccc12. The van der Waals surface area contributed by atoms with Crippen molar-refractivity contribution < 1.29 is 23.0 Å². The highest BCUT2D eigenvalue weighted by atomic mass is 19.3. The van der Waals surface area contributed by atoms with Gasteiger partial charge in [0, 0.05) is 43.1 Å². The molecular formula is C29H32F2N6O3. The van der Waals surface area contributed by atoms with E-state index in [2.05, 4.69) is 17.1 Å². The molecule has 210 valence electrons. The minimum atomic E-state index is -2.69. The Bertz CT molecular complexity index is 1460. The number of rotatable bonds is 5. The lowest BCUT2D eigenvalue weighted by Crippen LogP contribution is -2.63. The molecule has 1 spiro atoms. The number of aromatic nitrogens is 3. The van der Waals surface area contributed by atoms with Gasteiger partial charge < -0.3 is 24.6 Å². The van der Waals surface area contributed by atoms with E-state index in [0.717, 1.165) is 29.6 Å². The van der Waals surface area contributed by atoms with Crippen molar-refractivity contribution >= 4 is 28.7 Å². The molecule has 4 fully saturated rings. The molecule has 1 aromatic carbocycles. The third-order valence-electron chi connectivity index (χ3n) is 8.19. The lowest BCUT2D eigenvalue weighted by molar-refractivity contribution is -0.230. The van der Waals surface area contributed by atoms with Crippen LogP contribution in [0.5, 0.6) is 0 Å². The fourth-order valence-electron chi connectivity index (χ4n) is 5.98. The molecule has 3 aromatic rings. The second-order valence-electron chi connectivity index (χ2n) is 11.5. The Morgan fingerprint density at radius 3 is 2.70 bits per heavy atom. The number of carbonyl (C=O) groups is 1. The Hall–Kier alpha value is -3.44. The number of hydrogen-bond acceptors (Lipinski definition) is 8. The summed E-state index contributed by atoms with van der Waals surface area (Å²) in [5.41, 5.74) is 1.74. The van der Waals surface area contributed by atoms with Crippen LogP contribution in [0.3, 0.4) is 0 Å². The Kier molecular flexibility index (Phi) is 6.12. The highest BCUT2D eigenvalue weighted by Gasteiger charge is 2.59. The number of ether oxygens (including phenoxy) is 2. The third kappa shape index (κ3) is 4.85. The lowest BCUT2D eigenvalue weighted by Gasteiger charge is -2.51. The van der Waals surface area contributed by atoms with Crippen LogP contribution in [0.25, 0.3) is 22.3 Å². The molecule has 0 unspecified atom stereocenters. The van der Waals surface area contributed by atoms with Crippen molar-refractivity contribution in [3.63, 3.8) is 0 Å². The first-order chi connectivity index (χ1) is 19.3. The standard InChI is InChI=1S/C29H32F2N6O3/c1-18-14-39-11-10-37(18)25-22-7-8-23(19-3-2-4-20(13-19)26(38)32-21-5-6-21)33-24(22)34-27(35-25)36-9-12-40-28(17-36)15-29(30,31)16-28/h2-4,7-8,13,18,21H,5-6,9-12,14-17H2,1H3,(H,32,38)/t18-/m0/s1. The number of amides is 1. The summed E-state index contributed by atoms with van der Waals surface area (Å²) < 4.78 is 39.1. The number of fused-ring (bicyclic) bond motifs is 1. The summed E-state index contributed by atoms with van der Waals surface area (Å²) in [6.07, 6.45) is 1.47. The molecule has 40 heavy (non-hydrogen) atoms. The van der Waals surface area contributed by atoms with E-state index >= 15 is 0 Å². The number of carbonyl (C=O) groups excluding carboxylic acids is 1. The summed E-state index contributed by atoms with van der Waals surface area (Å²) in [7, 11) is 0. The van der Waals surface area contributed by atoms with Crippen LogP contribution >= 0.6 is 0 Å². The van der Waals surface area contributed by atoms with Gasteiger partial charge in [-0.2, -0.15) is 9.97 Å². The third-order valence-corrected chi connectivity index (χ3v) is 8.19. The number of benzene rings is 1. The number of anilines is 2. The van der Waals surface area contributed by atoms with Gasteiger partial charge in [-0.25, -0.2) is 13.8 Å². The highest BCUT2D eigenvalue weighted by molar-refractivity contribution is 5.96. The van der Waals surface area contributed by atoms with E-state index in [1.807, 2.05) is 35.2 Å². The normalized spacial score (nSPS) is 23.7.